The molecule has 0 aliphatic carbocycles. The molecular formula is C19H26NO4-. The summed E-state index contributed by atoms with van der Waals surface area (Å²) in [5, 5.41) is 14.0. The molecule has 1 saturated heterocycles. The molecule has 2 rings (SSSR count). The van der Waals surface area contributed by atoms with Gasteiger partial charge in [0.2, 0.25) is 5.91 Å². The van der Waals surface area contributed by atoms with Crippen LogP contribution >= 0.6 is 0 Å². The van der Waals surface area contributed by atoms with Crippen molar-refractivity contribution in [3.05, 3.63) is 35.9 Å². The Kier molecular flexibility index (Phi) is 6.37. The van der Waals surface area contributed by atoms with Gasteiger partial charge in [0.25, 0.3) is 0 Å². The Labute approximate surface area is 143 Å². The fourth-order valence-electron chi connectivity index (χ4n) is 3.32. The van der Waals surface area contributed by atoms with Crippen LogP contribution in [0.25, 0.3) is 0 Å². The maximum atomic E-state index is 12.3. The summed E-state index contributed by atoms with van der Waals surface area (Å²) >= 11 is 0. The monoisotopic (exact) mass is 332 g/mol. The lowest BCUT2D eigenvalue weighted by molar-refractivity contribution is -0.306. The number of aliphatic carboxylic acids is 1. The van der Waals surface area contributed by atoms with E-state index in [0.29, 0.717) is 19.4 Å². The zero-order valence-electron chi connectivity index (χ0n) is 14.4. The van der Waals surface area contributed by atoms with E-state index in [9.17, 15) is 14.7 Å². The van der Waals surface area contributed by atoms with Gasteiger partial charge in [-0.1, -0.05) is 30.3 Å². The van der Waals surface area contributed by atoms with Crippen LogP contribution in [0.4, 0.5) is 0 Å². The van der Waals surface area contributed by atoms with Gasteiger partial charge in [-0.15, -0.1) is 0 Å². The molecule has 0 aromatic heterocycles. The summed E-state index contributed by atoms with van der Waals surface area (Å²) in [6.07, 6.45) is 2.31. The molecule has 24 heavy (non-hydrogen) atoms. The normalized spacial score (nSPS) is 21.0. The van der Waals surface area contributed by atoms with Gasteiger partial charge in [0.15, 0.2) is 0 Å². The quantitative estimate of drug-likeness (QED) is 0.820. The summed E-state index contributed by atoms with van der Waals surface area (Å²) in [7, 11) is 0. The SMILES string of the molecule is CC1(C)C[C@@H]([C@H](CC(=O)[O-])NC(=O)CCc2ccccc2)CCO1. The van der Waals surface area contributed by atoms with Gasteiger partial charge in [0.05, 0.1) is 5.60 Å². The molecule has 0 bridgehead atoms. The molecule has 1 fully saturated rings. The molecule has 1 heterocycles. The predicted octanol–water partition coefficient (Wildman–Crippen LogP) is 1.45. The molecule has 1 aromatic rings. The molecule has 1 N–H and O–H groups in total. The van der Waals surface area contributed by atoms with Crippen molar-refractivity contribution in [1.29, 1.82) is 0 Å². The third-order valence-corrected chi connectivity index (χ3v) is 4.52. The predicted molar refractivity (Wildman–Crippen MR) is 89.1 cm³/mol. The van der Waals surface area contributed by atoms with Crippen molar-refractivity contribution in [1.82, 2.24) is 5.32 Å². The summed E-state index contributed by atoms with van der Waals surface area (Å²) in [6, 6.07) is 9.38. The molecule has 5 nitrogen and oxygen atoms in total. The average molecular weight is 332 g/mol. The molecule has 5 heteroatoms. The highest BCUT2D eigenvalue weighted by Gasteiger charge is 2.34. The summed E-state index contributed by atoms with van der Waals surface area (Å²) in [5.74, 6) is -1.16. The number of carbonyl (C=O) groups is 2. The second kappa shape index (κ2) is 8.29. The van der Waals surface area contributed by atoms with E-state index in [1.165, 1.54) is 0 Å². The first kappa shape index (κ1) is 18.5. The van der Waals surface area contributed by atoms with Gasteiger partial charge in [0, 0.05) is 31.5 Å². The summed E-state index contributed by atoms with van der Waals surface area (Å²) in [5.41, 5.74) is 0.804. The minimum atomic E-state index is -1.13. The second-order valence-electron chi connectivity index (χ2n) is 7.10. The molecule has 1 aliphatic rings. The topological polar surface area (TPSA) is 78.5 Å². The van der Waals surface area contributed by atoms with Gasteiger partial charge in [-0.05, 0) is 44.6 Å². The Morgan fingerprint density at radius 3 is 2.67 bits per heavy atom. The van der Waals surface area contributed by atoms with E-state index in [-0.39, 0.29) is 23.8 Å². The average Bonchev–Trinajstić information content (AvgIpc) is 2.52. The second-order valence-corrected chi connectivity index (χ2v) is 7.10. The number of hydrogen-bond acceptors (Lipinski definition) is 4. The maximum absolute atomic E-state index is 12.3. The van der Waals surface area contributed by atoms with Crippen LogP contribution in [-0.4, -0.2) is 30.1 Å². The van der Waals surface area contributed by atoms with Crippen molar-refractivity contribution in [2.45, 2.75) is 57.6 Å². The standard InChI is InChI=1S/C19H27NO4/c1-19(2)13-15(10-11-24-19)16(12-18(22)23)20-17(21)9-8-14-6-4-3-5-7-14/h3-7,15-16H,8-13H2,1-2H3,(H,20,21)(H,22,23)/p-1/t15-,16-/m0/s1. The number of hydrogen-bond donors (Lipinski definition) is 1. The van der Waals surface area contributed by atoms with E-state index in [4.69, 9.17) is 4.74 Å². The smallest absolute Gasteiger partial charge is 0.220 e. The molecule has 0 saturated carbocycles. The number of aryl methyl sites for hydroxylation is 1. The number of rotatable bonds is 7. The molecule has 1 aromatic carbocycles. The van der Waals surface area contributed by atoms with Crippen LogP contribution in [0, 0.1) is 5.92 Å². The van der Waals surface area contributed by atoms with Gasteiger partial charge in [0.1, 0.15) is 0 Å². The van der Waals surface area contributed by atoms with Crippen molar-refractivity contribution in [3.63, 3.8) is 0 Å². The molecule has 2 atom stereocenters. The van der Waals surface area contributed by atoms with E-state index >= 15 is 0 Å². The number of carboxylic acid groups (broad SMARTS) is 1. The van der Waals surface area contributed by atoms with Crippen molar-refractivity contribution in [2.75, 3.05) is 6.61 Å². The number of amides is 1. The van der Waals surface area contributed by atoms with Crippen molar-refractivity contribution in [2.24, 2.45) is 5.92 Å². The van der Waals surface area contributed by atoms with Crippen molar-refractivity contribution in [3.8, 4) is 0 Å². The first-order valence-electron chi connectivity index (χ1n) is 8.53. The first-order chi connectivity index (χ1) is 11.4. The highest BCUT2D eigenvalue weighted by atomic mass is 16.5. The zero-order valence-corrected chi connectivity index (χ0v) is 14.4. The molecule has 0 unspecified atom stereocenters. The minimum Gasteiger partial charge on any atom is -0.550 e. The molecular weight excluding hydrogens is 306 g/mol. The van der Waals surface area contributed by atoms with E-state index in [2.05, 4.69) is 5.32 Å². The highest BCUT2D eigenvalue weighted by Crippen LogP contribution is 2.31. The molecule has 0 radical (unpaired) electrons. The summed E-state index contributed by atoms with van der Waals surface area (Å²) in [6.45, 7) is 4.57. The fraction of sp³-hybridized carbons (Fsp3) is 0.579. The molecule has 1 amide bonds. The van der Waals surface area contributed by atoms with Crippen LogP contribution < -0.4 is 10.4 Å². The lowest BCUT2D eigenvalue weighted by atomic mass is 9.82. The Morgan fingerprint density at radius 1 is 1.33 bits per heavy atom. The van der Waals surface area contributed by atoms with Crippen molar-refractivity contribution >= 4 is 11.9 Å². The first-order valence-corrected chi connectivity index (χ1v) is 8.53. The Balaban J connectivity index is 1.92. The van der Waals surface area contributed by atoms with Crippen LogP contribution in [0.3, 0.4) is 0 Å². The van der Waals surface area contributed by atoms with E-state index in [1.54, 1.807) is 0 Å². The lowest BCUT2D eigenvalue weighted by Gasteiger charge is -2.39. The Bertz CT molecular complexity index is 556. The van der Waals surface area contributed by atoms with Crippen LogP contribution in [0.2, 0.25) is 0 Å². The fourth-order valence-corrected chi connectivity index (χ4v) is 3.32. The van der Waals surface area contributed by atoms with Crippen LogP contribution in [0.15, 0.2) is 30.3 Å². The number of benzene rings is 1. The summed E-state index contributed by atoms with van der Waals surface area (Å²) in [4.78, 5) is 23.3. The largest absolute Gasteiger partial charge is 0.550 e. The number of carbonyl (C=O) groups excluding carboxylic acids is 2. The highest BCUT2D eigenvalue weighted by molar-refractivity contribution is 5.77. The van der Waals surface area contributed by atoms with Gasteiger partial charge in [-0.2, -0.15) is 0 Å². The third-order valence-electron chi connectivity index (χ3n) is 4.52. The summed E-state index contributed by atoms with van der Waals surface area (Å²) < 4.78 is 5.69. The number of ether oxygens (including phenoxy) is 1. The van der Waals surface area contributed by atoms with Gasteiger partial charge < -0.3 is 20.0 Å². The van der Waals surface area contributed by atoms with Crippen LogP contribution in [0.1, 0.15) is 45.1 Å². The van der Waals surface area contributed by atoms with E-state index in [0.717, 1.165) is 18.4 Å². The number of carboxylic acids is 1. The van der Waals surface area contributed by atoms with Gasteiger partial charge >= 0.3 is 0 Å². The minimum absolute atomic E-state index is 0.0901. The molecule has 132 valence electrons. The van der Waals surface area contributed by atoms with Crippen LogP contribution in [0.5, 0.6) is 0 Å². The van der Waals surface area contributed by atoms with Crippen LogP contribution in [-0.2, 0) is 20.7 Å². The third kappa shape index (κ3) is 5.96. The zero-order chi connectivity index (χ0) is 17.6. The Hall–Kier alpha value is -1.88. The van der Waals surface area contributed by atoms with E-state index in [1.807, 2.05) is 44.2 Å². The van der Waals surface area contributed by atoms with Crippen molar-refractivity contribution < 1.29 is 19.4 Å². The van der Waals surface area contributed by atoms with E-state index < -0.39 is 12.0 Å². The lowest BCUT2D eigenvalue weighted by Crippen LogP contribution is -2.48. The van der Waals surface area contributed by atoms with Gasteiger partial charge in [-0.3, -0.25) is 4.79 Å². The van der Waals surface area contributed by atoms with Gasteiger partial charge in [-0.25, -0.2) is 0 Å². The Morgan fingerprint density at radius 2 is 2.04 bits per heavy atom. The molecule has 1 aliphatic heterocycles. The number of nitrogens with one attached hydrogen (secondary N) is 1. The molecule has 0 spiro atoms. The maximum Gasteiger partial charge on any atom is 0.220 e.